The lowest BCUT2D eigenvalue weighted by Gasteiger charge is -2.28. The second kappa shape index (κ2) is 5.24. The van der Waals surface area contributed by atoms with E-state index < -0.39 is 0 Å². The third-order valence-corrected chi connectivity index (χ3v) is 5.56. The highest BCUT2D eigenvalue weighted by Crippen LogP contribution is 2.39. The number of allylic oxidation sites excluding steroid dienone is 4. The Balaban J connectivity index is 1.36. The third kappa shape index (κ3) is 2.37. The molecule has 1 aromatic carbocycles. The fraction of sp³-hybridized carbons (Fsp3) is 0.500. The van der Waals surface area contributed by atoms with E-state index in [1.165, 1.54) is 51.4 Å². The summed E-state index contributed by atoms with van der Waals surface area (Å²) in [6, 6.07) is 7.26. The lowest BCUT2D eigenvalue weighted by molar-refractivity contribution is 0.347. The second-order valence-corrected chi connectivity index (χ2v) is 6.87. The van der Waals surface area contributed by atoms with Crippen LogP contribution in [0.15, 0.2) is 42.0 Å². The smallest absolute Gasteiger partial charge is 0.00144 e. The Labute approximate surface area is 122 Å². The van der Waals surface area contributed by atoms with Crippen LogP contribution >= 0.6 is 0 Å². The van der Waals surface area contributed by atoms with E-state index in [2.05, 4.69) is 36.4 Å². The molecule has 20 heavy (non-hydrogen) atoms. The van der Waals surface area contributed by atoms with Crippen molar-refractivity contribution in [3.8, 4) is 0 Å². The van der Waals surface area contributed by atoms with E-state index >= 15 is 0 Å². The SMILES string of the molecule is C1=CC2CC(CCc3ccc4c(c3)CCC4)CCC2=C1. The molecule has 0 heteroatoms. The Morgan fingerprint density at radius 1 is 1.05 bits per heavy atom. The van der Waals surface area contributed by atoms with Gasteiger partial charge in [0, 0.05) is 0 Å². The number of rotatable bonds is 3. The molecule has 0 nitrogen and oxygen atoms in total. The highest BCUT2D eigenvalue weighted by molar-refractivity contribution is 5.35. The molecular weight excluding hydrogens is 240 g/mol. The molecular formula is C20H24. The number of hydrogen-bond donors (Lipinski definition) is 0. The first kappa shape index (κ1) is 12.4. The van der Waals surface area contributed by atoms with Crippen LogP contribution in [-0.2, 0) is 19.3 Å². The largest absolute Gasteiger partial charge is 0.0773 e. The van der Waals surface area contributed by atoms with Crippen molar-refractivity contribution in [2.75, 3.05) is 0 Å². The summed E-state index contributed by atoms with van der Waals surface area (Å²) in [5.74, 6) is 1.72. The Morgan fingerprint density at radius 3 is 3.00 bits per heavy atom. The van der Waals surface area contributed by atoms with Gasteiger partial charge in [-0.1, -0.05) is 42.0 Å². The van der Waals surface area contributed by atoms with Crippen LogP contribution in [0.5, 0.6) is 0 Å². The standard InChI is InChI=1S/C20H24/c1-3-17-11-9-15(13-19(17)5-1)7-8-16-10-12-18-4-2-6-20(18)14-16/h1,3,5,10,12,14-15,19H,2,4,6-9,11,13H2. The van der Waals surface area contributed by atoms with Gasteiger partial charge in [-0.05, 0) is 79.9 Å². The van der Waals surface area contributed by atoms with Gasteiger partial charge in [-0.3, -0.25) is 0 Å². The minimum atomic E-state index is 0.786. The average molecular weight is 264 g/mol. The summed E-state index contributed by atoms with van der Waals surface area (Å²) in [5, 5.41) is 0. The topological polar surface area (TPSA) is 0 Å². The van der Waals surface area contributed by atoms with Gasteiger partial charge in [0.15, 0.2) is 0 Å². The number of hydrogen-bond acceptors (Lipinski definition) is 0. The maximum absolute atomic E-state index is 2.49. The van der Waals surface area contributed by atoms with Crippen LogP contribution in [0.2, 0.25) is 0 Å². The fourth-order valence-electron chi connectivity index (χ4n) is 4.32. The molecule has 1 saturated carbocycles. The summed E-state index contributed by atoms with van der Waals surface area (Å²) in [5.41, 5.74) is 6.51. The van der Waals surface area contributed by atoms with Crippen molar-refractivity contribution >= 4 is 0 Å². The van der Waals surface area contributed by atoms with Crippen LogP contribution in [0.1, 0.15) is 48.8 Å². The van der Waals surface area contributed by atoms with Crippen LogP contribution < -0.4 is 0 Å². The van der Waals surface area contributed by atoms with E-state index in [0.29, 0.717) is 0 Å². The molecule has 1 aromatic rings. The van der Waals surface area contributed by atoms with E-state index in [4.69, 9.17) is 0 Å². The van der Waals surface area contributed by atoms with Gasteiger partial charge in [-0.2, -0.15) is 0 Å². The predicted octanol–water partition coefficient (Wildman–Crippen LogP) is 5.02. The summed E-state index contributed by atoms with van der Waals surface area (Å²) in [6.07, 6.45) is 17.8. The van der Waals surface area contributed by atoms with Gasteiger partial charge in [0.2, 0.25) is 0 Å². The first-order chi connectivity index (χ1) is 9.88. The minimum Gasteiger partial charge on any atom is -0.0773 e. The zero-order valence-corrected chi connectivity index (χ0v) is 12.3. The van der Waals surface area contributed by atoms with Crippen molar-refractivity contribution in [2.45, 2.75) is 51.4 Å². The molecule has 0 radical (unpaired) electrons. The summed E-state index contributed by atoms with van der Waals surface area (Å²) in [6.45, 7) is 0. The summed E-state index contributed by atoms with van der Waals surface area (Å²) >= 11 is 0. The van der Waals surface area contributed by atoms with E-state index in [1.807, 2.05) is 0 Å². The molecule has 0 N–H and O–H groups in total. The van der Waals surface area contributed by atoms with Crippen molar-refractivity contribution in [3.05, 3.63) is 58.7 Å². The van der Waals surface area contributed by atoms with Gasteiger partial charge < -0.3 is 0 Å². The predicted molar refractivity (Wildman–Crippen MR) is 84.8 cm³/mol. The fourth-order valence-corrected chi connectivity index (χ4v) is 4.32. The lowest BCUT2D eigenvalue weighted by atomic mass is 9.77. The number of fused-ring (bicyclic) bond motifs is 2. The molecule has 3 aliphatic carbocycles. The van der Waals surface area contributed by atoms with Crippen molar-refractivity contribution < 1.29 is 0 Å². The maximum Gasteiger partial charge on any atom is -0.00144 e. The Bertz CT molecular complexity index is 561. The summed E-state index contributed by atoms with van der Waals surface area (Å²) in [7, 11) is 0. The normalized spacial score (nSPS) is 27.3. The lowest BCUT2D eigenvalue weighted by Crippen LogP contribution is -2.15. The van der Waals surface area contributed by atoms with Gasteiger partial charge >= 0.3 is 0 Å². The van der Waals surface area contributed by atoms with E-state index in [1.54, 1.807) is 22.3 Å². The molecule has 2 atom stereocenters. The van der Waals surface area contributed by atoms with E-state index in [9.17, 15) is 0 Å². The zero-order chi connectivity index (χ0) is 13.4. The molecule has 4 rings (SSSR count). The van der Waals surface area contributed by atoms with Gasteiger partial charge in [0.1, 0.15) is 0 Å². The summed E-state index contributed by atoms with van der Waals surface area (Å²) < 4.78 is 0. The zero-order valence-electron chi connectivity index (χ0n) is 12.3. The Hall–Kier alpha value is -1.30. The highest BCUT2D eigenvalue weighted by atomic mass is 14.3. The van der Waals surface area contributed by atoms with E-state index in [0.717, 1.165) is 11.8 Å². The second-order valence-electron chi connectivity index (χ2n) is 6.87. The first-order valence-electron chi connectivity index (χ1n) is 8.36. The van der Waals surface area contributed by atoms with Crippen LogP contribution in [0.25, 0.3) is 0 Å². The van der Waals surface area contributed by atoms with Crippen LogP contribution in [0.4, 0.5) is 0 Å². The molecule has 0 saturated heterocycles. The van der Waals surface area contributed by atoms with Gasteiger partial charge in [-0.15, -0.1) is 0 Å². The van der Waals surface area contributed by atoms with Crippen molar-refractivity contribution in [2.24, 2.45) is 11.8 Å². The van der Waals surface area contributed by atoms with Crippen LogP contribution in [0, 0.1) is 11.8 Å². The molecule has 0 aliphatic heterocycles. The molecule has 0 heterocycles. The maximum atomic E-state index is 2.49. The third-order valence-electron chi connectivity index (χ3n) is 5.56. The average Bonchev–Trinajstić information content (AvgIpc) is 3.12. The van der Waals surface area contributed by atoms with Crippen molar-refractivity contribution in [3.63, 3.8) is 0 Å². The molecule has 0 spiro atoms. The molecule has 1 fully saturated rings. The van der Waals surface area contributed by atoms with Crippen molar-refractivity contribution in [1.82, 2.24) is 0 Å². The number of aryl methyl sites for hydroxylation is 3. The van der Waals surface area contributed by atoms with Gasteiger partial charge in [-0.25, -0.2) is 0 Å². The molecule has 2 unspecified atom stereocenters. The first-order valence-corrected chi connectivity index (χ1v) is 8.36. The van der Waals surface area contributed by atoms with Crippen molar-refractivity contribution in [1.29, 1.82) is 0 Å². The molecule has 0 amide bonds. The van der Waals surface area contributed by atoms with Gasteiger partial charge in [0.05, 0.1) is 0 Å². The quantitative estimate of drug-likeness (QED) is 0.719. The Morgan fingerprint density at radius 2 is 2.00 bits per heavy atom. The summed E-state index contributed by atoms with van der Waals surface area (Å²) in [4.78, 5) is 0. The minimum absolute atomic E-state index is 0.786. The Kier molecular flexibility index (Phi) is 3.26. The highest BCUT2D eigenvalue weighted by Gasteiger charge is 2.25. The van der Waals surface area contributed by atoms with E-state index in [-0.39, 0.29) is 0 Å². The van der Waals surface area contributed by atoms with Crippen LogP contribution in [-0.4, -0.2) is 0 Å². The molecule has 104 valence electrons. The molecule has 3 aliphatic rings. The van der Waals surface area contributed by atoms with Gasteiger partial charge in [0.25, 0.3) is 0 Å². The van der Waals surface area contributed by atoms with Crippen LogP contribution in [0.3, 0.4) is 0 Å². The molecule has 0 aromatic heterocycles. The number of benzene rings is 1. The molecule has 0 bridgehead atoms. The monoisotopic (exact) mass is 264 g/mol.